The van der Waals surface area contributed by atoms with Crippen LogP contribution in [0.5, 0.6) is 0 Å². The molecule has 1 aliphatic carbocycles. The minimum Gasteiger partial charge on any atom is -0.347 e. The molecule has 20 heavy (non-hydrogen) atoms. The molecule has 1 saturated carbocycles. The third-order valence-corrected chi connectivity index (χ3v) is 3.18. The summed E-state index contributed by atoms with van der Waals surface area (Å²) in [4.78, 5) is 22.9. The van der Waals surface area contributed by atoms with Crippen molar-refractivity contribution in [3.8, 4) is 0 Å². The highest BCUT2D eigenvalue weighted by Gasteiger charge is 2.38. The van der Waals surface area contributed by atoms with E-state index in [4.69, 9.17) is 0 Å². The second-order valence-corrected chi connectivity index (χ2v) is 4.81. The number of hydrogen-bond acceptors (Lipinski definition) is 2. The number of carbonyl (C=O) groups is 2. The van der Waals surface area contributed by atoms with Crippen LogP contribution in [-0.2, 0) is 9.59 Å². The molecule has 0 aromatic heterocycles. The fourth-order valence-corrected chi connectivity index (χ4v) is 1.80. The molecule has 1 aliphatic rings. The van der Waals surface area contributed by atoms with Crippen molar-refractivity contribution in [3.05, 3.63) is 29.6 Å². The van der Waals surface area contributed by atoms with Gasteiger partial charge in [0.2, 0.25) is 11.8 Å². The average molecular weight is 286 g/mol. The van der Waals surface area contributed by atoms with E-state index in [1.807, 2.05) is 6.92 Å². The van der Waals surface area contributed by atoms with E-state index >= 15 is 0 Å². The fourth-order valence-electron chi connectivity index (χ4n) is 1.80. The van der Waals surface area contributed by atoms with Crippen molar-refractivity contribution < 1.29 is 22.8 Å². The van der Waals surface area contributed by atoms with Crippen molar-refractivity contribution >= 4 is 17.5 Å². The van der Waals surface area contributed by atoms with E-state index in [-0.39, 0.29) is 18.4 Å². The lowest BCUT2D eigenvalue weighted by molar-refractivity contribution is -0.125. The van der Waals surface area contributed by atoms with Crippen LogP contribution in [0.15, 0.2) is 12.1 Å². The zero-order chi connectivity index (χ0) is 14.9. The summed E-state index contributed by atoms with van der Waals surface area (Å²) in [7, 11) is 0. The molecular weight excluding hydrogens is 273 g/mol. The van der Waals surface area contributed by atoms with Gasteiger partial charge in [-0.2, -0.15) is 0 Å². The van der Waals surface area contributed by atoms with Gasteiger partial charge in [0.15, 0.2) is 17.5 Å². The number of carbonyl (C=O) groups excluding carboxylic acids is 2. The molecule has 0 aliphatic heterocycles. The Kier molecular flexibility index (Phi) is 3.96. The van der Waals surface area contributed by atoms with E-state index in [0.717, 1.165) is 12.5 Å². The van der Waals surface area contributed by atoms with Crippen LogP contribution in [-0.4, -0.2) is 18.4 Å². The van der Waals surface area contributed by atoms with E-state index in [1.165, 1.54) is 0 Å². The maximum atomic E-state index is 13.3. The molecule has 0 saturated heterocycles. The molecule has 0 heterocycles. The summed E-state index contributed by atoms with van der Waals surface area (Å²) >= 11 is 0. The first kappa shape index (κ1) is 14.4. The van der Waals surface area contributed by atoms with Gasteiger partial charge in [-0.3, -0.25) is 9.59 Å². The number of rotatable bonds is 4. The molecule has 108 valence electrons. The van der Waals surface area contributed by atoms with Crippen LogP contribution >= 0.6 is 0 Å². The molecule has 0 spiro atoms. The maximum absolute atomic E-state index is 13.3. The van der Waals surface area contributed by atoms with Crippen molar-refractivity contribution in [2.75, 3.05) is 11.9 Å². The Morgan fingerprint density at radius 1 is 1.25 bits per heavy atom. The van der Waals surface area contributed by atoms with Crippen LogP contribution in [0.3, 0.4) is 0 Å². The zero-order valence-electron chi connectivity index (χ0n) is 10.7. The highest BCUT2D eigenvalue weighted by Crippen LogP contribution is 2.37. The number of nitrogens with one attached hydrogen (secondary N) is 2. The quantitative estimate of drug-likeness (QED) is 0.829. The largest absolute Gasteiger partial charge is 0.347 e. The first-order chi connectivity index (χ1) is 9.40. The summed E-state index contributed by atoms with van der Waals surface area (Å²) in [5.74, 6) is -5.19. The van der Waals surface area contributed by atoms with Crippen LogP contribution in [0, 0.1) is 29.3 Å². The maximum Gasteiger partial charge on any atom is 0.243 e. The molecule has 7 heteroatoms. The van der Waals surface area contributed by atoms with E-state index in [2.05, 4.69) is 10.6 Å². The molecule has 1 aromatic rings. The molecule has 1 aromatic carbocycles. The van der Waals surface area contributed by atoms with Gasteiger partial charge in [0.05, 0.1) is 12.2 Å². The molecule has 4 nitrogen and oxygen atoms in total. The Hall–Kier alpha value is -2.05. The Morgan fingerprint density at radius 2 is 1.90 bits per heavy atom. The minimum atomic E-state index is -1.65. The highest BCUT2D eigenvalue weighted by atomic mass is 19.2. The van der Waals surface area contributed by atoms with Gasteiger partial charge in [0.25, 0.3) is 0 Å². The minimum absolute atomic E-state index is 0.0807. The van der Waals surface area contributed by atoms with Gasteiger partial charge >= 0.3 is 0 Å². The van der Waals surface area contributed by atoms with E-state index in [1.54, 1.807) is 0 Å². The normalized spacial score (nSPS) is 20.4. The fraction of sp³-hybridized carbons (Fsp3) is 0.385. The highest BCUT2D eigenvalue weighted by molar-refractivity contribution is 5.95. The van der Waals surface area contributed by atoms with E-state index in [9.17, 15) is 22.8 Å². The summed E-state index contributed by atoms with van der Waals surface area (Å²) in [6.07, 6.45) is 0.783. The van der Waals surface area contributed by atoms with Crippen LogP contribution in [0.25, 0.3) is 0 Å². The Bertz CT molecular complexity index is 563. The smallest absolute Gasteiger partial charge is 0.243 e. The van der Waals surface area contributed by atoms with Crippen molar-refractivity contribution in [1.29, 1.82) is 0 Å². The Morgan fingerprint density at radius 3 is 2.50 bits per heavy atom. The van der Waals surface area contributed by atoms with Gasteiger partial charge in [-0.05, 0) is 24.5 Å². The van der Waals surface area contributed by atoms with Crippen molar-refractivity contribution in [3.63, 3.8) is 0 Å². The average Bonchev–Trinajstić information content (AvgIpc) is 3.14. The third kappa shape index (κ3) is 3.09. The van der Waals surface area contributed by atoms with Crippen molar-refractivity contribution in [1.82, 2.24) is 5.32 Å². The van der Waals surface area contributed by atoms with Crippen molar-refractivity contribution in [2.45, 2.75) is 13.3 Å². The van der Waals surface area contributed by atoms with Crippen LogP contribution < -0.4 is 10.6 Å². The lowest BCUT2D eigenvalue weighted by Gasteiger charge is -2.08. The number of benzene rings is 1. The molecule has 2 atom stereocenters. The Labute approximate surface area is 113 Å². The molecule has 0 radical (unpaired) electrons. The second-order valence-electron chi connectivity index (χ2n) is 4.81. The van der Waals surface area contributed by atoms with E-state index < -0.39 is 29.0 Å². The van der Waals surface area contributed by atoms with Crippen LogP contribution in [0.4, 0.5) is 18.9 Å². The SMILES string of the molecule is C[C@H]1C[C@@H]1C(=O)NCC(=O)Nc1ccc(F)c(F)c1F. The number of hydrogen-bond donors (Lipinski definition) is 2. The monoisotopic (exact) mass is 286 g/mol. The van der Waals surface area contributed by atoms with Gasteiger partial charge in [-0.15, -0.1) is 0 Å². The van der Waals surface area contributed by atoms with Gasteiger partial charge in [-0.25, -0.2) is 13.2 Å². The lowest BCUT2D eigenvalue weighted by atomic mass is 10.2. The van der Waals surface area contributed by atoms with Crippen molar-refractivity contribution in [2.24, 2.45) is 11.8 Å². The number of anilines is 1. The van der Waals surface area contributed by atoms with Gasteiger partial charge in [0.1, 0.15) is 0 Å². The first-order valence-electron chi connectivity index (χ1n) is 6.11. The number of amides is 2. The first-order valence-corrected chi connectivity index (χ1v) is 6.11. The second kappa shape index (κ2) is 5.52. The van der Waals surface area contributed by atoms with Crippen LogP contribution in [0.1, 0.15) is 13.3 Å². The third-order valence-electron chi connectivity index (χ3n) is 3.18. The van der Waals surface area contributed by atoms with E-state index in [0.29, 0.717) is 12.0 Å². The standard InChI is InChI=1S/C13H13F3N2O2/c1-6-4-7(6)13(20)17-5-10(19)18-9-3-2-8(14)11(15)12(9)16/h2-3,6-7H,4-5H2,1H3,(H,17,20)(H,18,19)/t6-,7-/m0/s1. The molecule has 0 unspecified atom stereocenters. The van der Waals surface area contributed by atoms with Crippen LogP contribution in [0.2, 0.25) is 0 Å². The molecule has 1 fully saturated rings. The summed E-state index contributed by atoms with van der Waals surface area (Å²) in [5, 5.41) is 4.47. The number of halogens is 3. The predicted octanol–water partition coefficient (Wildman–Crippen LogP) is 1.81. The summed E-state index contributed by atoms with van der Waals surface area (Å²) in [6, 6.07) is 1.62. The Balaban J connectivity index is 1.88. The molecular formula is C13H13F3N2O2. The predicted molar refractivity (Wildman–Crippen MR) is 65.2 cm³/mol. The van der Waals surface area contributed by atoms with Gasteiger partial charge in [-0.1, -0.05) is 6.92 Å². The lowest BCUT2D eigenvalue weighted by Crippen LogP contribution is -2.34. The molecule has 0 bridgehead atoms. The molecule has 2 N–H and O–H groups in total. The van der Waals surface area contributed by atoms with Gasteiger partial charge < -0.3 is 10.6 Å². The summed E-state index contributed by atoms with van der Waals surface area (Å²) in [5.41, 5.74) is -0.470. The molecule has 2 rings (SSSR count). The topological polar surface area (TPSA) is 58.2 Å². The van der Waals surface area contributed by atoms with Gasteiger partial charge in [0, 0.05) is 5.92 Å². The summed E-state index contributed by atoms with van der Waals surface area (Å²) in [6.45, 7) is 1.57. The summed E-state index contributed by atoms with van der Waals surface area (Å²) < 4.78 is 38.9. The zero-order valence-corrected chi connectivity index (χ0v) is 10.7. The molecule has 2 amide bonds.